The molecule has 5 nitrogen and oxygen atoms in total. The first kappa shape index (κ1) is 14.4. The Morgan fingerprint density at radius 2 is 1.88 bits per heavy atom. The lowest BCUT2D eigenvalue weighted by Gasteiger charge is -2.33. The van der Waals surface area contributed by atoms with Gasteiger partial charge < -0.3 is 4.98 Å². The molecular weight excluding hydrogens is 314 g/mol. The summed E-state index contributed by atoms with van der Waals surface area (Å²) in [5, 5.41) is 4.57. The Bertz CT molecular complexity index is 1050. The van der Waals surface area contributed by atoms with E-state index in [1.165, 1.54) is 11.8 Å². The van der Waals surface area contributed by atoms with Crippen molar-refractivity contribution in [2.45, 2.75) is 18.9 Å². The summed E-state index contributed by atoms with van der Waals surface area (Å²) in [5.74, 6) is -0.493. The van der Waals surface area contributed by atoms with Gasteiger partial charge in [0.1, 0.15) is 0 Å². The van der Waals surface area contributed by atoms with Gasteiger partial charge in [0, 0.05) is 29.9 Å². The summed E-state index contributed by atoms with van der Waals surface area (Å²) >= 11 is 0. The van der Waals surface area contributed by atoms with Crippen LogP contribution >= 0.6 is 0 Å². The van der Waals surface area contributed by atoms with Gasteiger partial charge >= 0.3 is 0 Å². The van der Waals surface area contributed by atoms with E-state index in [1.54, 1.807) is 0 Å². The number of hydrogen-bond donors (Lipinski definition) is 2. The highest BCUT2D eigenvalue weighted by Crippen LogP contribution is 2.47. The third-order valence-corrected chi connectivity index (χ3v) is 5.34. The zero-order valence-corrected chi connectivity index (χ0v) is 13.8. The van der Waals surface area contributed by atoms with Crippen LogP contribution in [0.4, 0.5) is 5.69 Å². The molecule has 2 amide bonds. The molecule has 0 saturated carbocycles. The van der Waals surface area contributed by atoms with Gasteiger partial charge in [0.05, 0.1) is 11.4 Å². The summed E-state index contributed by atoms with van der Waals surface area (Å²) in [7, 11) is 0. The van der Waals surface area contributed by atoms with Crippen LogP contribution in [0.25, 0.3) is 10.9 Å². The predicted octanol–water partition coefficient (Wildman–Crippen LogP) is 2.45. The van der Waals surface area contributed by atoms with Crippen LogP contribution in [0.2, 0.25) is 0 Å². The number of nitrogens with one attached hydrogen (secondary N) is 2. The molecule has 124 valence electrons. The Morgan fingerprint density at radius 1 is 1.12 bits per heavy atom. The second-order valence-corrected chi connectivity index (χ2v) is 6.63. The first-order valence-electron chi connectivity index (χ1n) is 8.44. The molecule has 0 radical (unpaired) electrons. The average molecular weight is 331 g/mol. The van der Waals surface area contributed by atoms with Gasteiger partial charge in [0.2, 0.25) is 5.91 Å². The predicted molar refractivity (Wildman–Crippen MR) is 95.4 cm³/mol. The van der Waals surface area contributed by atoms with Gasteiger partial charge in [-0.05, 0) is 24.1 Å². The molecule has 0 fully saturated rings. The lowest BCUT2D eigenvalue weighted by molar-refractivity contribution is -0.128. The van der Waals surface area contributed by atoms with Crippen LogP contribution in [0, 0.1) is 0 Å². The van der Waals surface area contributed by atoms with E-state index in [9.17, 15) is 9.59 Å². The quantitative estimate of drug-likeness (QED) is 0.665. The molecule has 1 spiro atoms. The van der Waals surface area contributed by atoms with Crippen LogP contribution in [0.15, 0.2) is 48.5 Å². The number of nitrogens with zero attached hydrogens (tertiary/aromatic N) is 1. The van der Waals surface area contributed by atoms with E-state index in [0.29, 0.717) is 12.2 Å². The van der Waals surface area contributed by atoms with Gasteiger partial charge in [0.25, 0.3) is 5.91 Å². The third kappa shape index (κ3) is 1.66. The first-order valence-corrected chi connectivity index (χ1v) is 8.44. The molecular formula is C20H17N3O2. The smallest absolute Gasteiger partial charge is 0.264 e. The summed E-state index contributed by atoms with van der Waals surface area (Å²) in [6, 6.07) is 15.6. The number of para-hydroxylation sites is 2. The van der Waals surface area contributed by atoms with Crippen molar-refractivity contribution in [3.63, 3.8) is 0 Å². The van der Waals surface area contributed by atoms with Crippen LogP contribution in [-0.4, -0.2) is 23.3 Å². The second-order valence-electron chi connectivity index (χ2n) is 6.63. The Hall–Kier alpha value is -2.92. The number of fused-ring (bicyclic) bond motifs is 6. The molecule has 5 rings (SSSR count). The second kappa shape index (κ2) is 4.80. The first-order chi connectivity index (χ1) is 12.1. The van der Waals surface area contributed by atoms with Crippen LogP contribution in [-0.2, 0) is 21.5 Å². The van der Waals surface area contributed by atoms with Crippen LogP contribution in [0.5, 0.6) is 0 Å². The van der Waals surface area contributed by atoms with Crippen molar-refractivity contribution in [3.8, 4) is 0 Å². The molecule has 0 saturated heterocycles. The van der Waals surface area contributed by atoms with E-state index in [-0.39, 0.29) is 11.8 Å². The molecule has 0 unspecified atom stereocenters. The van der Waals surface area contributed by atoms with Crippen LogP contribution in [0.3, 0.4) is 0 Å². The Balaban J connectivity index is 1.86. The van der Waals surface area contributed by atoms with Gasteiger partial charge in [-0.25, -0.2) is 4.90 Å². The van der Waals surface area contributed by atoms with Gasteiger partial charge in [-0.2, -0.15) is 0 Å². The number of H-pyrrole nitrogens is 1. The Morgan fingerprint density at radius 3 is 2.72 bits per heavy atom. The summed E-state index contributed by atoms with van der Waals surface area (Å²) in [4.78, 5) is 30.4. The number of anilines is 1. The number of imide groups is 1. The summed E-state index contributed by atoms with van der Waals surface area (Å²) in [6.07, 6.45) is 0.844. The van der Waals surface area contributed by atoms with Crippen LogP contribution in [0.1, 0.15) is 23.7 Å². The average Bonchev–Trinajstić information content (AvgIpc) is 3.11. The minimum absolute atomic E-state index is 0.228. The number of aromatic amines is 1. The van der Waals surface area contributed by atoms with Gasteiger partial charge in [-0.3, -0.25) is 14.9 Å². The lowest BCUT2D eigenvalue weighted by Crippen LogP contribution is -2.55. The molecule has 3 aromatic rings. The molecule has 3 heterocycles. The maximum Gasteiger partial charge on any atom is 0.264 e. The van der Waals surface area contributed by atoms with Gasteiger partial charge in [0.15, 0.2) is 5.54 Å². The summed E-state index contributed by atoms with van der Waals surface area (Å²) in [6.45, 7) is 2.11. The van der Waals surface area contributed by atoms with Crippen molar-refractivity contribution >= 4 is 28.4 Å². The largest absolute Gasteiger partial charge is 0.356 e. The van der Waals surface area contributed by atoms with E-state index in [1.807, 2.05) is 42.5 Å². The molecule has 2 aliphatic rings. The highest BCUT2D eigenvalue weighted by molar-refractivity contribution is 6.23. The van der Waals surface area contributed by atoms with Crippen LogP contribution < -0.4 is 10.2 Å². The fourth-order valence-corrected chi connectivity index (χ4v) is 4.35. The third-order valence-electron chi connectivity index (χ3n) is 5.34. The van der Waals surface area contributed by atoms with Crippen molar-refractivity contribution in [3.05, 3.63) is 65.4 Å². The monoisotopic (exact) mass is 331 g/mol. The zero-order valence-electron chi connectivity index (χ0n) is 13.8. The van der Waals surface area contributed by atoms with E-state index in [0.717, 1.165) is 34.1 Å². The molecule has 25 heavy (non-hydrogen) atoms. The Labute approximate surface area is 144 Å². The van der Waals surface area contributed by atoms with Crippen molar-refractivity contribution < 1.29 is 9.59 Å². The topological polar surface area (TPSA) is 65.2 Å². The number of hydrogen-bond acceptors (Lipinski definition) is 3. The highest BCUT2D eigenvalue weighted by atomic mass is 16.2. The maximum absolute atomic E-state index is 13.4. The minimum Gasteiger partial charge on any atom is -0.356 e. The fraction of sp³-hybridized carbons (Fsp3) is 0.200. The van der Waals surface area contributed by atoms with Crippen molar-refractivity contribution in [1.82, 2.24) is 10.3 Å². The molecule has 1 atom stereocenters. The fourth-order valence-electron chi connectivity index (χ4n) is 4.35. The highest BCUT2D eigenvalue weighted by Gasteiger charge is 2.56. The number of rotatable bonds is 0. The normalized spacial score (nSPS) is 21.6. The van der Waals surface area contributed by atoms with Gasteiger partial charge in [-0.1, -0.05) is 36.4 Å². The number of aromatic nitrogens is 1. The molecule has 1 aromatic heterocycles. The molecule has 2 aliphatic heterocycles. The Kier molecular flexibility index (Phi) is 2.77. The number of benzene rings is 2. The van der Waals surface area contributed by atoms with E-state index in [4.69, 9.17) is 0 Å². The summed E-state index contributed by atoms with van der Waals surface area (Å²) < 4.78 is 0. The maximum atomic E-state index is 13.4. The van der Waals surface area contributed by atoms with E-state index in [2.05, 4.69) is 16.4 Å². The van der Waals surface area contributed by atoms with Crippen molar-refractivity contribution in [2.75, 3.05) is 11.4 Å². The SMILES string of the molecule is CC(=O)N1C(=O)[C@@]2(NCCc3c2[nH]c2ccccc32)c2ccccc21. The van der Waals surface area contributed by atoms with Gasteiger partial charge in [-0.15, -0.1) is 0 Å². The van der Waals surface area contributed by atoms with E-state index >= 15 is 0 Å². The standard InChI is InChI=1S/C20H17N3O2/c1-12(24)23-17-9-5-3-7-15(17)20(19(23)25)18-14(10-11-21-20)13-6-2-4-8-16(13)22-18/h2-9,21-22H,10-11H2,1H3/t20-/m1/s1. The summed E-state index contributed by atoms with van der Waals surface area (Å²) in [5.41, 5.74) is 3.52. The molecule has 5 heteroatoms. The molecule has 0 aliphatic carbocycles. The molecule has 2 N–H and O–H groups in total. The number of amides is 2. The van der Waals surface area contributed by atoms with E-state index < -0.39 is 5.54 Å². The zero-order chi connectivity index (χ0) is 17.2. The number of carbonyl (C=O) groups is 2. The van der Waals surface area contributed by atoms with Crippen molar-refractivity contribution in [1.29, 1.82) is 0 Å². The number of carbonyl (C=O) groups excluding carboxylic acids is 2. The lowest BCUT2D eigenvalue weighted by atomic mass is 9.82. The molecule has 0 bridgehead atoms. The minimum atomic E-state index is -1.02. The molecule has 2 aromatic carbocycles. The van der Waals surface area contributed by atoms with Crippen molar-refractivity contribution in [2.24, 2.45) is 0 Å².